The summed E-state index contributed by atoms with van der Waals surface area (Å²) in [6.45, 7) is 0. The lowest BCUT2D eigenvalue weighted by Gasteiger charge is -2.37. The zero-order valence-corrected chi connectivity index (χ0v) is 17.4. The van der Waals surface area contributed by atoms with Gasteiger partial charge >= 0.3 is 0 Å². The zero-order valence-electron chi connectivity index (χ0n) is 17.4. The third-order valence-electron chi connectivity index (χ3n) is 6.30. The highest BCUT2D eigenvalue weighted by molar-refractivity contribution is 5.70. The molecule has 33 heavy (non-hydrogen) atoms. The first-order chi connectivity index (χ1) is 16.0. The molecule has 0 amide bonds. The Hall–Kier alpha value is -3.75. The van der Waals surface area contributed by atoms with Gasteiger partial charge in [-0.1, -0.05) is 18.2 Å². The standard InChI is InChI=1S/C25H19F2N5O/c26-25(27)14-24(32-23(25)28)19-9-15(16-3-1-7-29-11-16)5-6-21(19)33-22-20(24)10-18(13-31-22)17-4-2-8-30-12-17/h1-13,23,32H,14,28H2. The first-order valence-corrected chi connectivity index (χ1v) is 10.5. The van der Waals surface area contributed by atoms with Gasteiger partial charge in [0.2, 0.25) is 5.88 Å². The molecule has 5 heterocycles. The average Bonchev–Trinajstić information content (AvgIpc) is 3.09. The molecule has 6 nitrogen and oxygen atoms in total. The quantitative estimate of drug-likeness (QED) is 0.476. The molecular weight excluding hydrogens is 424 g/mol. The minimum atomic E-state index is -3.12. The van der Waals surface area contributed by atoms with E-state index in [0.717, 1.165) is 22.3 Å². The van der Waals surface area contributed by atoms with Gasteiger partial charge in [0.1, 0.15) is 11.9 Å². The number of alkyl halides is 2. The molecule has 164 valence electrons. The van der Waals surface area contributed by atoms with Gasteiger partial charge in [0.15, 0.2) is 0 Å². The molecule has 1 spiro atoms. The summed E-state index contributed by atoms with van der Waals surface area (Å²) in [5.74, 6) is -2.38. The van der Waals surface area contributed by atoms with E-state index in [2.05, 4.69) is 20.3 Å². The van der Waals surface area contributed by atoms with Crippen LogP contribution in [0, 0.1) is 0 Å². The molecule has 0 saturated carbocycles. The minimum Gasteiger partial charge on any atom is -0.438 e. The summed E-state index contributed by atoms with van der Waals surface area (Å²) in [5, 5.41) is 3.01. The van der Waals surface area contributed by atoms with Crippen molar-refractivity contribution in [2.45, 2.75) is 24.0 Å². The maximum absolute atomic E-state index is 14.9. The Labute approximate surface area is 188 Å². The zero-order chi connectivity index (χ0) is 22.6. The van der Waals surface area contributed by atoms with E-state index in [1.54, 1.807) is 37.1 Å². The van der Waals surface area contributed by atoms with Gasteiger partial charge in [-0.15, -0.1) is 0 Å². The molecule has 0 bridgehead atoms. The van der Waals surface area contributed by atoms with Crippen molar-refractivity contribution in [3.8, 4) is 33.9 Å². The first-order valence-electron chi connectivity index (χ1n) is 10.5. The van der Waals surface area contributed by atoms with Crippen molar-refractivity contribution in [1.29, 1.82) is 0 Å². The second-order valence-electron chi connectivity index (χ2n) is 8.34. The Morgan fingerprint density at radius 3 is 2.21 bits per heavy atom. The fourth-order valence-corrected chi connectivity index (χ4v) is 4.68. The Morgan fingerprint density at radius 1 is 0.879 bits per heavy atom. The molecule has 2 atom stereocenters. The van der Waals surface area contributed by atoms with Crippen LogP contribution in [0.3, 0.4) is 0 Å². The summed E-state index contributed by atoms with van der Waals surface area (Å²) in [7, 11) is 0. The van der Waals surface area contributed by atoms with Crippen molar-refractivity contribution < 1.29 is 13.5 Å². The highest BCUT2D eigenvalue weighted by Crippen LogP contribution is 2.55. The van der Waals surface area contributed by atoms with Crippen LogP contribution in [0.5, 0.6) is 11.6 Å². The first kappa shape index (κ1) is 19.9. The molecule has 6 rings (SSSR count). The van der Waals surface area contributed by atoms with Crippen LogP contribution in [0.25, 0.3) is 22.3 Å². The number of benzene rings is 1. The largest absolute Gasteiger partial charge is 0.438 e. The minimum absolute atomic E-state index is 0.279. The van der Waals surface area contributed by atoms with Gasteiger partial charge in [-0.25, -0.2) is 13.8 Å². The van der Waals surface area contributed by atoms with E-state index < -0.39 is 24.0 Å². The van der Waals surface area contributed by atoms with Crippen LogP contribution >= 0.6 is 0 Å². The number of aromatic nitrogens is 3. The van der Waals surface area contributed by atoms with E-state index >= 15 is 0 Å². The summed E-state index contributed by atoms with van der Waals surface area (Å²) in [5.41, 5.74) is 9.03. The highest BCUT2D eigenvalue weighted by atomic mass is 19.3. The van der Waals surface area contributed by atoms with Crippen LogP contribution in [-0.2, 0) is 5.54 Å². The summed E-state index contributed by atoms with van der Waals surface area (Å²) < 4.78 is 35.9. The van der Waals surface area contributed by atoms with Gasteiger partial charge in [-0.3, -0.25) is 15.3 Å². The maximum atomic E-state index is 14.9. The maximum Gasteiger partial charge on any atom is 0.278 e. The molecule has 1 saturated heterocycles. The van der Waals surface area contributed by atoms with Crippen LogP contribution in [0.1, 0.15) is 17.5 Å². The van der Waals surface area contributed by atoms with Crippen molar-refractivity contribution in [3.63, 3.8) is 0 Å². The Balaban J connectivity index is 1.57. The van der Waals surface area contributed by atoms with Gasteiger partial charge in [-0.05, 0) is 35.9 Å². The number of hydrogen-bond acceptors (Lipinski definition) is 6. The van der Waals surface area contributed by atoms with Gasteiger partial charge in [0, 0.05) is 65.2 Å². The fraction of sp³-hybridized carbons (Fsp3) is 0.160. The number of nitrogens with zero attached hydrogens (tertiary/aromatic N) is 3. The Bertz CT molecular complexity index is 1260. The van der Waals surface area contributed by atoms with E-state index in [0.29, 0.717) is 16.9 Å². The van der Waals surface area contributed by atoms with Gasteiger partial charge in [0.05, 0.1) is 5.54 Å². The molecule has 2 aliphatic rings. The van der Waals surface area contributed by atoms with Crippen molar-refractivity contribution in [2.24, 2.45) is 5.73 Å². The van der Waals surface area contributed by atoms with Crippen molar-refractivity contribution in [1.82, 2.24) is 20.3 Å². The third-order valence-corrected chi connectivity index (χ3v) is 6.30. The number of hydrogen-bond donors (Lipinski definition) is 2. The molecule has 4 aromatic rings. The summed E-state index contributed by atoms with van der Waals surface area (Å²) in [6.07, 6.45) is 6.43. The van der Waals surface area contributed by atoms with Crippen LogP contribution in [0.4, 0.5) is 8.78 Å². The monoisotopic (exact) mass is 443 g/mol. The number of halogens is 2. The summed E-state index contributed by atoms with van der Waals surface area (Å²) in [6, 6.07) is 14.8. The fourth-order valence-electron chi connectivity index (χ4n) is 4.68. The van der Waals surface area contributed by atoms with Crippen molar-refractivity contribution in [3.05, 3.63) is 90.6 Å². The second kappa shape index (κ2) is 7.13. The van der Waals surface area contributed by atoms with E-state index in [1.807, 2.05) is 42.5 Å². The van der Waals surface area contributed by atoms with Crippen LogP contribution in [0.2, 0.25) is 0 Å². The third kappa shape index (κ3) is 3.10. The number of nitrogens with one attached hydrogen (secondary N) is 1. The molecule has 1 aromatic carbocycles. The van der Waals surface area contributed by atoms with E-state index in [9.17, 15) is 8.78 Å². The number of fused-ring (bicyclic) bond motifs is 4. The molecule has 0 radical (unpaired) electrons. The highest BCUT2D eigenvalue weighted by Gasteiger charge is 2.59. The molecule has 2 aliphatic heterocycles. The van der Waals surface area contributed by atoms with Crippen LogP contribution < -0.4 is 15.8 Å². The molecule has 1 fully saturated rings. The molecule has 0 aliphatic carbocycles. The second-order valence-corrected chi connectivity index (χ2v) is 8.34. The molecule has 3 N–H and O–H groups in total. The van der Waals surface area contributed by atoms with Gasteiger partial charge in [-0.2, -0.15) is 0 Å². The van der Waals surface area contributed by atoms with E-state index in [1.165, 1.54) is 0 Å². The molecule has 3 aromatic heterocycles. The lowest BCUT2D eigenvalue weighted by atomic mass is 9.78. The van der Waals surface area contributed by atoms with E-state index in [4.69, 9.17) is 10.5 Å². The van der Waals surface area contributed by atoms with Gasteiger partial charge in [0.25, 0.3) is 5.92 Å². The SMILES string of the molecule is NC1NC2(CC1(F)F)c1cc(-c3cccnc3)ccc1Oc1ncc(-c3cccnc3)cc12. The summed E-state index contributed by atoms with van der Waals surface area (Å²) in [4.78, 5) is 12.8. The lowest BCUT2D eigenvalue weighted by molar-refractivity contribution is -0.0124. The number of nitrogens with two attached hydrogens (primary N) is 1. The topological polar surface area (TPSA) is 86.0 Å². The Morgan fingerprint density at radius 2 is 1.58 bits per heavy atom. The predicted octanol–water partition coefficient (Wildman–Crippen LogP) is 4.47. The van der Waals surface area contributed by atoms with Crippen molar-refractivity contribution >= 4 is 0 Å². The lowest BCUT2D eigenvalue weighted by Crippen LogP contribution is -2.48. The normalized spacial score (nSPS) is 22.5. The van der Waals surface area contributed by atoms with Gasteiger partial charge < -0.3 is 10.5 Å². The smallest absolute Gasteiger partial charge is 0.278 e. The number of rotatable bonds is 2. The van der Waals surface area contributed by atoms with Crippen LogP contribution in [0.15, 0.2) is 79.5 Å². The predicted molar refractivity (Wildman–Crippen MR) is 119 cm³/mol. The molecule has 8 heteroatoms. The summed E-state index contributed by atoms with van der Waals surface area (Å²) >= 11 is 0. The van der Waals surface area contributed by atoms with Crippen LogP contribution in [-0.4, -0.2) is 27.0 Å². The number of pyridine rings is 3. The van der Waals surface area contributed by atoms with E-state index in [-0.39, 0.29) is 5.88 Å². The Kier molecular flexibility index (Phi) is 4.30. The molecular formula is C25H19F2N5O. The molecule has 2 unspecified atom stereocenters. The number of ether oxygens (including phenoxy) is 1. The van der Waals surface area contributed by atoms with Crippen molar-refractivity contribution in [2.75, 3.05) is 0 Å². The average molecular weight is 443 g/mol.